The third-order valence-electron chi connectivity index (χ3n) is 4.17. The molecule has 0 bridgehead atoms. The molecule has 0 saturated heterocycles. The molecule has 0 amide bonds. The van der Waals surface area contributed by atoms with Crippen molar-refractivity contribution in [3.05, 3.63) is 53.1 Å². The number of nitrogens with one attached hydrogen (secondary N) is 1. The lowest BCUT2D eigenvalue weighted by atomic mass is 10.1. The van der Waals surface area contributed by atoms with Crippen LogP contribution in [0.2, 0.25) is 0 Å². The van der Waals surface area contributed by atoms with Gasteiger partial charge in [-0.05, 0) is 42.7 Å². The van der Waals surface area contributed by atoms with Gasteiger partial charge in [0.2, 0.25) is 0 Å². The van der Waals surface area contributed by atoms with E-state index in [9.17, 15) is 5.11 Å². The quantitative estimate of drug-likeness (QED) is 0.671. The summed E-state index contributed by atoms with van der Waals surface area (Å²) in [6, 6.07) is 11.9. The first-order chi connectivity index (χ1) is 12.1. The number of methoxy groups -OCH3 is 2. The molecular formula is C20H22N2O3. The second kappa shape index (κ2) is 7.30. The predicted molar refractivity (Wildman–Crippen MR) is 100 cm³/mol. The molecule has 1 aromatic heterocycles. The van der Waals surface area contributed by atoms with E-state index in [0.717, 1.165) is 34.0 Å². The minimum absolute atomic E-state index is 0.149. The maximum atomic E-state index is 10.1. The summed E-state index contributed by atoms with van der Waals surface area (Å²) in [5.74, 6) is 1.58. The number of ether oxygens (including phenoxy) is 2. The Morgan fingerprint density at radius 1 is 1.08 bits per heavy atom. The van der Waals surface area contributed by atoms with E-state index in [0.29, 0.717) is 18.0 Å². The lowest BCUT2D eigenvalue weighted by molar-refractivity contribution is 0.354. The van der Waals surface area contributed by atoms with Gasteiger partial charge < -0.3 is 19.6 Å². The Hall–Kier alpha value is -2.95. The SMILES string of the molecule is COc1ccc(CCN=Cc2c(O)[nH]c3cc(C)ccc23)cc1OC. The van der Waals surface area contributed by atoms with Crippen molar-refractivity contribution in [1.29, 1.82) is 0 Å². The molecule has 2 aromatic carbocycles. The second-order valence-corrected chi connectivity index (χ2v) is 5.91. The highest BCUT2D eigenvalue weighted by Crippen LogP contribution is 2.28. The Balaban J connectivity index is 1.71. The number of rotatable bonds is 6. The molecule has 0 saturated carbocycles. The van der Waals surface area contributed by atoms with E-state index in [2.05, 4.69) is 9.98 Å². The van der Waals surface area contributed by atoms with E-state index in [-0.39, 0.29) is 5.88 Å². The van der Waals surface area contributed by atoms with Gasteiger partial charge in [-0.3, -0.25) is 4.99 Å². The average Bonchev–Trinajstić information content (AvgIpc) is 2.92. The summed E-state index contributed by atoms with van der Waals surface area (Å²) in [5, 5.41) is 11.1. The van der Waals surface area contributed by atoms with Gasteiger partial charge in [-0.15, -0.1) is 0 Å². The van der Waals surface area contributed by atoms with Crippen molar-refractivity contribution in [2.75, 3.05) is 20.8 Å². The number of hydrogen-bond acceptors (Lipinski definition) is 4. The molecule has 3 rings (SSSR count). The standard InChI is InChI=1S/C20H22N2O3/c1-13-4-6-15-16(20(23)22-17(15)10-13)12-21-9-8-14-5-7-18(24-2)19(11-14)25-3/h4-7,10-12,22-23H,8-9H2,1-3H3. The number of aromatic hydroxyl groups is 1. The van der Waals surface area contributed by atoms with Crippen molar-refractivity contribution < 1.29 is 14.6 Å². The number of aryl methyl sites for hydroxylation is 1. The van der Waals surface area contributed by atoms with E-state index in [4.69, 9.17) is 9.47 Å². The molecule has 130 valence electrons. The number of benzene rings is 2. The summed E-state index contributed by atoms with van der Waals surface area (Å²) < 4.78 is 10.6. The van der Waals surface area contributed by atoms with Crippen LogP contribution in [-0.4, -0.2) is 37.1 Å². The number of aromatic nitrogens is 1. The van der Waals surface area contributed by atoms with Crippen LogP contribution in [0.1, 0.15) is 16.7 Å². The van der Waals surface area contributed by atoms with E-state index in [1.807, 2.05) is 43.3 Å². The van der Waals surface area contributed by atoms with Crippen LogP contribution < -0.4 is 9.47 Å². The molecule has 5 nitrogen and oxygen atoms in total. The Labute approximate surface area is 146 Å². The second-order valence-electron chi connectivity index (χ2n) is 5.91. The van der Waals surface area contributed by atoms with Crippen molar-refractivity contribution in [1.82, 2.24) is 4.98 Å². The van der Waals surface area contributed by atoms with Crippen LogP contribution in [0.15, 0.2) is 41.4 Å². The number of hydrogen-bond donors (Lipinski definition) is 2. The molecule has 3 aromatic rings. The van der Waals surface area contributed by atoms with Crippen LogP contribution in [0.4, 0.5) is 0 Å². The van der Waals surface area contributed by atoms with Crippen molar-refractivity contribution in [2.24, 2.45) is 4.99 Å². The molecule has 2 N–H and O–H groups in total. The first-order valence-corrected chi connectivity index (χ1v) is 8.14. The Morgan fingerprint density at radius 2 is 1.88 bits per heavy atom. The van der Waals surface area contributed by atoms with Crippen LogP contribution in [0.25, 0.3) is 10.9 Å². The van der Waals surface area contributed by atoms with Gasteiger partial charge in [0.15, 0.2) is 17.4 Å². The lowest BCUT2D eigenvalue weighted by Gasteiger charge is -2.08. The molecule has 0 aliphatic carbocycles. The monoisotopic (exact) mass is 338 g/mol. The highest BCUT2D eigenvalue weighted by Gasteiger charge is 2.08. The lowest BCUT2D eigenvalue weighted by Crippen LogP contribution is -1.95. The maximum Gasteiger partial charge on any atom is 0.198 e. The summed E-state index contributed by atoms with van der Waals surface area (Å²) in [4.78, 5) is 7.45. The molecule has 0 radical (unpaired) electrons. The molecule has 0 fully saturated rings. The van der Waals surface area contributed by atoms with Crippen LogP contribution in [0, 0.1) is 6.92 Å². The van der Waals surface area contributed by atoms with Gasteiger partial charge in [0.1, 0.15) is 0 Å². The van der Waals surface area contributed by atoms with E-state index in [1.165, 1.54) is 0 Å². The van der Waals surface area contributed by atoms with Crippen molar-refractivity contribution in [2.45, 2.75) is 13.3 Å². The topological polar surface area (TPSA) is 66.8 Å². The number of fused-ring (bicyclic) bond motifs is 1. The summed E-state index contributed by atoms with van der Waals surface area (Å²) in [7, 11) is 3.25. The fourth-order valence-electron chi connectivity index (χ4n) is 2.84. The highest BCUT2D eigenvalue weighted by molar-refractivity contribution is 6.02. The zero-order valence-corrected chi connectivity index (χ0v) is 14.7. The van der Waals surface area contributed by atoms with Crippen molar-refractivity contribution in [3.63, 3.8) is 0 Å². The molecule has 0 aliphatic heterocycles. The number of H-pyrrole nitrogens is 1. The molecule has 0 aliphatic rings. The van der Waals surface area contributed by atoms with Crippen LogP contribution in [0.3, 0.4) is 0 Å². The van der Waals surface area contributed by atoms with Gasteiger partial charge in [0.25, 0.3) is 0 Å². The summed E-state index contributed by atoms with van der Waals surface area (Å²) in [6.07, 6.45) is 2.50. The average molecular weight is 338 g/mol. The molecular weight excluding hydrogens is 316 g/mol. The minimum atomic E-state index is 0.149. The maximum absolute atomic E-state index is 10.1. The first-order valence-electron chi connectivity index (χ1n) is 8.14. The molecule has 0 atom stereocenters. The Morgan fingerprint density at radius 3 is 2.64 bits per heavy atom. The molecule has 5 heteroatoms. The van der Waals surface area contributed by atoms with Gasteiger partial charge in [-0.2, -0.15) is 0 Å². The number of aliphatic imine (C=N–C) groups is 1. The van der Waals surface area contributed by atoms with Gasteiger partial charge in [0, 0.05) is 23.7 Å². The van der Waals surface area contributed by atoms with Gasteiger partial charge in [-0.1, -0.05) is 18.2 Å². The third kappa shape index (κ3) is 3.60. The Bertz CT molecular complexity index is 913. The number of aromatic amines is 1. The van der Waals surface area contributed by atoms with Gasteiger partial charge in [-0.25, -0.2) is 0 Å². The molecule has 1 heterocycles. The summed E-state index contributed by atoms with van der Waals surface area (Å²) in [6.45, 7) is 2.64. The van der Waals surface area contributed by atoms with Crippen molar-refractivity contribution >= 4 is 17.1 Å². The fraction of sp³-hybridized carbons (Fsp3) is 0.250. The normalized spacial score (nSPS) is 11.3. The van der Waals surface area contributed by atoms with Gasteiger partial charge in [0.05, 0.1) is 19.8 Å². The number of nitrogens with zero attached hydrogens (tertiary/aromatic N) is 1. The predicted octanol–water partition coefficient (Wildman–Crippen LogP) is 3.86. The van der Waals surface area contributed by atoms with Gasteiger partial charge >= 0.3 is 0 Å². The van der Waals surface area contributed by atoms with Crippen LogP contribution in [-0.2, 0) is 6.42 Å². The highest BCUT2D eigenvalue weighted by atomic mass is 16.5. The molecule has 0 unspecified atom stereocenters. The smallest absolute Gasteiger partial charge is 0.198 e. The zero-order valence-electron chi connectivity index (χ0n) is 14.7. The Kier molecular flexibility index (Phi) is 4.93. The van der Waals surface area contributed by atoms with E-state index >= 15 is 0 Å². The first kappa shape index (κ1) is 16.9. The summed E-state index contributed by atoms with van der Waals surface area (Å²) >= 11 is 0. The molecule has 0 spiro atoms. The van der Waals surface area contributed by atoms with E-state index in [1.54, 1.807) is 20.4 Å². The van der Waals surface area contributed by atoms with Crippen molar-refractivity contribution in [3.8, 4) is 17.4 Å². The van der Waals surface area contributed by atoms with Crippen LogP contribution in [0.5, 0.6) is 17.4 Å². The fourth-order valence-corrected chi connectivity index (χ4v) is 2.84. The van der Waals surface area contributed by atoms with Crippen LogP contribution >= 0.6 is 0 Å². The largest absolute Gasteiger partial charge is 0.494 e. The minimum Gasteiger partial charge on any atom is -0.494 e. The molecule has 25 heavy (non-hydrogen) atoms. The van der Waals surface area contributed by atoms with E-state index < -0.39 is 0 Å². The summed E-state index contributed by atoms with van der Waals surface area (Å²) in [5.41, 5.74) is 3.90. The third-order valence-corrected chi connectivity index (χ3v) is 4.17. The zero-order chi connectivity index (χ0) is 17.8.